The summed E-state index contributed by atoms with van der Waals surface area (Å²) in [4.78, 5) is 39.0. The molecule has 172 valence electrons. The zero-order valence-corrected chi connectivity index (χ0v) is 19.6. The molecule has 0 aliphatic carbocycles. The van der Waals surface area contributed by atoms with Crippen molar-refractivity contribution in [1.29, 1.82) is 0 Å². The molecule has 2 aromatic heterocycles. The van der Waals surface area contributed by atoms with E-state index in [1.165, 1.54) is 21.1 Å². The molecule has 0 unspecified atom stereocenters. The molecule has 0 bridgehead atoms. The van der Waals surface area contributed by atoms with Gasteiger partial charge in [-0.25, -0.2) is 9.98 Å². The molecule has 1 N–H and O–H groups in total. The molecule has 0 atom stereocenters. The number of aryl methyl sites for hydroxylation is 2. The van der Waals surface area contributed by atoms with Gasteiger partial charge >= 0.3 is 0 Å². The Bertz CT molecular complexity index is 1200. The first-order valence-corrected chi connectivity index (χ1v) is 10.2. The number of hydrogen-bond donors (Lipinski definition) is 1. The van der Waals surface area contributed by atoms with E-state index in [9.17, 15) is 9.59 Å². The monoisotopic (exact) mass is 449 g/mol. The molecule has 0 spiro atoms. The smallest absolute Gasteiger partial charge is 0.260 e. The van der Waals surface area contributed by atoms with Crippen LogP contribution in [0.15, 0.2) is 41.0 Å². The molecule has 3 rings (SSSR count). The van der Waals surface area contributed by atoms with Gasteiger partial charge in [0.2, 0.25) is 5.91 Å². The molecule has 9 nitrogen and oxygen atoms in total. The number of nitrogens with zero attached hydrogens (tertiary/aromatic N) is 4. The minimum atomic E-state index is -0.202. The standard InChI is InChI=1S/C24H27N5O4/c1-13(10-20(32-6)23(25-5)33-7)18-9-14(2)21-19(28-18)12-29(24(21)31)17-8-15(3)22(26-11-17)27-16(4)30/h8-11H,5,12H2,1-4,6-7H3,(H,26,27,30)/b13-10+,23-20-. The number of carbonyl (C=O) groups is 2. The second kappa shape index (κ2) is 9.64. The van der Waals surface area contributed by atoms with Crippen molar-refractivity contribution in [3.63, 3.8) is 0 Å². The van der Waals surface area contributed by atoms with Crippen LogP contribution < -0.4 is 10.2 Å². The predicted molar refractivity (Wildman–Crippen MR) is 127 cm³/mol. The summed E-state index contributed by atoms with van der Waals surface area (Å²) >= 11 is 0. The van der Waals surface area contributed by atoms with Gasteiger partial charge in [0, 0.05) is 6.92 Å². The summed E-state index contributed by atoms with van der Waals surface area (Å²) in [5, 5.41) is 2.68. The molecule has 0 saturated carbocycles. The summed E-state index contributed by atoms with van der Waals surface area (Å²) in [6, 6.07) is 3.70. The first-order valence-electron chi connectivity index (χ1n) is 10.2. The number of fused-ring (bicyclic) bond motifs is 1. The minimum absolute atomic E-state index is 0.133. The average molecular weight is 450 g/mol. The van der Waals surface area contributed by atoms with Crippen LogP contribution in [-0.4, -0.2) is 42.7 Å². The molecular weight excluding hydrogens is 422 g/mol. The van der Waals surface area contributed by atoms with Crippen LogP contribution in [0.1, 0.15) is 46.7 Å². The lowest BCUT2D eigenvalue weighted by molar-refractivity contribution is -0.114. The number of methoxy groups -OCH3 is 2. The number of anilines is 2. The third-order valence-corrected chi connectivity index (χ3v) is 5.25. The Morgan fingerprint density at radius 3 is 2.52 bits per heavy atom. The molecule has 1 aliphatic rings. The van der Waals surface area contributed by atoms with E-state index in [1.54, 1.807) is 17.2 Å². The van der Waals surface area contributed by atoms with Crippen LogP contribution in [-0.2, 0) is 20.8 Å². The molecule has 1 aliphatic heterocycles. The van der Waals surface area contributed by atoms with Gasteiger partial charge in [-0.1, -0.05) is 0 Å². The SMILES string of the molecule is C=N/C(OC)=C(\C=C(/C)c1cc(C)c2c(n1)CN(c1cnc(NC(C)=O)c(C)c1)C2=O)OC. The highest BCUT2D eigenvalue weighted by Gasteiger charge is 2.32. The van der Waals surface area contributed by atoms with E-state index in [1.807, 2.05) is 32.9 Å². The van der Waals surface area contributed by atoms with E-state index in [-0.39, 0.29) is 17.7 Å². The summed E-state index contributed by atoms with van der Waals surface area (Å²) in [6.45, 7) is 10.8. The number of pyridine rings is 2. The van der Waals surface area contributed by atoms with Crippen LogP contribution in [0.4, 0.5) is 11.5 Å². The number of carbonyl (C=O) groups excluding carboxylic acids is 2. The maximum Gasteiger partial charge on any atom is 0.260 e. The Labute approximate surface area is 192 Å². The summed E-state index contributed by atoms with van der Waals surface area (Å²) in [7, 11) is 3.01. The summed E-state index contributed by atoms with van der Waals surface area (Å²) < 4.78 is 10.6. The second-order valence-corrected chi connectivity index (χ2v) is 7.64. The van der Waals surface area contributed by atoms with Crippen molar-refractivity contribution in [3.05, 3.63) is 64.1 Å². The van der Waals surface area contributed by atoms with Gasteiger partial charge in [0.15, 0.2) is 5.76 Å². The van der Waals surface area contributed by atoms with Gasteiger partial charge in [0.1, 0.15) is 5.82 Å². The Kier molecular flexibility index (Phi) is 6.91. The van der Waals surface area contributed by atoms with Gasteiger partial charge in [0.05, 0.1) is 49.6 Å². The summed E-state index contributed by atoms with van der Waals surface area (Å²) in [6.07, 6.45) is 3.35. The van der Waals surface area contributed by atoms with Gasteiger partial charge in [-0.2, -0.15) is 0 Å². The average Bonchev–Trinajstić information content (AvgIpc) is 3.11. The second-order valence-electron chi connectivity index (χ2n) is 7.64. The van der Waals surface area contributed by atoms with Crippen molar-refractivity contribution in [2.75, 3.05) is 24.4 Å². The lowest BCUT2D eigenvalue weighted by Crippen LogP contribution is -2.24. The number of aliphatic imine (C=N–C) groups is 1. The third kappa shape index (κ3) is 4.77. The lowest BCUT2D eigenvalue weighted by Gasteiger charge is -2.17. The number of allylic oxidation sites excluding steroid dienone is 2. The first-order chi connectivity index (χ1) is 15.7. The number of nitrogens with one attached hydrogen (secondary N) is 1. The Morgan fingerprint density at radius 1 is 1.21 bits per heavy atom. The molecule has 33 heavy (non-hydrogen) atoms. The highest BCUT2D eigenvalue weighted by Crippen LogP contribution is 2.32. The van der Waals surface area contributed by atoms with Crippen LogP contribution >= 0.6 is 0 Å². The van der Waals surface area contributed by atoms with Crippen molar-refractivity contribution in [3.8, 4) is 0 Å². The van der Waals surface area contributed by atoms with Crippen molar-refractivity contribution in [2.24, 2.45) is 4.99 Å². The summed E-state index contributed by atoms with van der Waals surface area (Å²) in [5.74, 6) is 0.822. The van der Waals surface area contributed by atoms with E-state index in [0.29, 0.717) is 40.8 Å². The molecule has 0 saturated heterocycles. The Hall–Kier alpha value is -4.01. The number of amides is 2. The quantitative estimate of drug-likeness (QED) is 0.392. The van der Waals surface area contributed by atoms with Crippen LogP contribution in [0.5, 0.6) is 0 Å². The van der Waals surface area contributed by atoms with Crippen molar-refractivity contribution in [1.82, 2.24) is 9.97 Å². The van der Waals surface area contributed by atoms with Crippen molar-refractivity contribution in [2.45, 2.75) is 34.2 Å². The van der Waals surface area contributed by atoms with Gasteiger partial charge in [-0.3, -0.25) is 14.6 Å². The molecule has 0 fully saturated rings. The Morgan fingerprint density at radius 2 is 1.94 bits per heavy atom. The van der Waals surface area contributed by atoms with Crippen LogP contribution in [0.2, 0.25) is 0 Å². The van der Waals surface area contributed by atoms with Crippen molar-refractivity contribution >= 4 is 35.6 Å². The van der Waals surface area contributed by atoms with Crippen LogP contribution in [0, 0.1) is 13.8 Å². The lowest BCUT2D eigenvalue weighted by atomic mass is 10.0. The highest BCUT2D eigenvalue weighted by atomic mass is 16.5. The number of ether oxygens (including phenoxy) is 2. The van der Waals surface area contributed by atoms with E-state index in [2.05, 4.69) is 22.0 Å². The third-order valence-electron chi connectivity index (χ3n) is 5.25. The minimum Gasteiger partial charge on any atom is -0.491 e. The largest absolute Gasteiger partial charge is 0.491 e. The maximum atomic E-state index is 13.2. The van der Waals surface area contributed by atoms with E-state index in [4.69, 9.17) is 14.5 Å². The molecule has 3 heterocycles. The van der Waals surface area contributed by atoms with Gasteiger partial charge in [0.25, 0.3) is 11.8 Å². The zero-order chi connectivity index (χ0) is 24.3. The van der Waals surface area contributed by atoms with Crippen LogP contribution in [0.25, 0.3) is 5.57 Å². The first kappa shape index (κ1) is 23.6. The summed E-state index contributed by atoms with van der Waals surface area (Å²) in [5.41, 5.74) is 5.03. The fourth-order valence-electron chi connectivity index (χ4n) is 3.64. The van der Waals surface area contributed by atoms with E-state index in [0.717, 1.165) is 16.7 Å². The molecule has 2 aromatic rings. The topological polar surface area (TPSA) is 106 Å². The number of aromatic nitrogens is 2. The van der Waals surface area contributed by atoms with Crippen LogP contribution in [0.3, 0.4) is 0 Å². The molecule has 0 aromatic carbocycles. The van der Waals surface area contributed by atoms with Gasteiger partial charge < -0.3 is 19.7 Å². The number of hydrogen-bond acceptors (Lipinski definition) is 7. The molecule has 0 radical (unpaired) electrons. The number of rotatable bonds is 7. The normalized spacial score (nSPS) is 13.9. The van der Waals surface area contributed by atoms with E-state index < -0.39 is 0 Å². The van der Waals surface area contributed by atoms with Crippen molar-refractivity contribution < 1.29 is 19.1 Å². The van der Waals surface area contributed by atoms with E-state index >= 15 is 0 Å². The molecule has 2 amide bonds. The predicted octanol–water partition coefficient (Wildman–Crippen LogP) is 3.78. The molecular formula is C24H27N5O4. The fourth-order valence-corrected chi connectivity index (χ4v) is 3.64. The fraction of sp³-hybridized carbons (Fsp3) is 0.292. The highest BCUT2D eigenvalue weighted by molar-refractivity contribution is 6.10. The molecule has 9 heteroatoms. The zero-order valence-electron chi connectivity index (χ0n) is 19.6. The Balaban J connectivity index is 1.96. The maximum absolute atomic E-state index is 13.2. The van der Waals surface area contributed by atoms with Gasteiger partial charge in [-0.05, 0) is 62.4 Å². The van der Waals surface area contributed by atoms with Gasteiger partial charge in [-0.15, -0.1) is 0 Å².